The van der Waals surface area contributed by atoms with E-state index in [1.807, 2.05) is 45.1 Å². The van der Waals surface area contributed by atoms with E-state index in [4.69, 9.17) is 4.74 Å². The Kier molecular flexibility index (Phi) is 10.8. The number of carbonyl (C=O) groups is 2. The zero-order chi connectivity index (χ0) is 27.0. The first-order valence-electron chi connectivity index (χ1n) is 12.5. The van der Waals surface area contributed by atoms with Gasteiger partial charge in [0.25, 0.3) is 0 Å². The molecule has 0 amide bonds. The van der Waals surface area contributed by atoms with E-state index >= 15 is 0 Å². The van der Waals surface area contributed by atoms with Crippen LogP contribution in [-0.4, -0.2) is 50.4 Å². The molecule has 0 unspecified atom stereocenters. The van der Waals surface area contributed by atoms with E-state index in [9.17, 15) is 24.9 Å². The van der Waals surface area contributed by atoms with Crippen molar-refractivity contribution >= 4 is 17.8 Å². The molecule has 0 bridgehead atoms. The van der Waals surface area contributed by atoms with Crippen LogP contribution in [0.15, 0.2) is 47.7 Å². The normalized spacial score (nSPS) is 31.3. The standard InChI is InChI=1S/C29H41NO6/c1-18-8-7-9-19(2)27(34)21(4)28(35)29(5,6)25(32)15-26(33)36-24(13-10-18)20(3)14-23-12-11-22(17-31)16-30-23/h7,9-12,14,16,19,21,24-25,27,31-32,34H,8,13,15,17H2,1-6H3/b9-7+,18-10-,20-14+/t19-,21+,24-,25-,27-/m0/s1. The number of rotatable bonds is 3. The SMILES string of the molecule is C/C1=C/C[C@@H](/C(C)=C/c2ccc(CO)cn2)OC(=O)C[C@H](O)C(C)(C)C(=O)[C@H](C)[C@@H](O)[C@@H](C)/C=C/C1. The van der Waals surface area contributed by atoms with E-state index in [1.165, 1.54) is 0 Å². The van der Waals surface area contributed by atoms with Gasteiger partial charge >= 0.3 is 5.97 Å². The Bertz CT molecular complexity index is 992. The minimum absolute atomic E-state index is 0.0908. The van der Waals surface area contributed by atoms with Gasteiger partial charge in [0.2, 0.25) is 0 Å². The number of aliphatic hydroxyl groups is 3. The van der Waals surface area contributed by atoms with Crippen molar-refractivity contribution in [3.63, 3.8) is 0 Å². The highest BCUT2D eigenvalue weighted by Crippen LogP contribution is 2.31. The number of cyclic esters (lactones) is 1. The summed E-state index contributed by atoms with van der Waals surface area (Å²) >= 11 is 0. The van der Waals surface area contributed by atoms with E-state index in [-0.39, 0.29) is 24.7 Å². The van der Waals surface area contributed by atoms with Gasteiger partial charge in [0.15, 0.2) is 0 Å². The van der Waals surface area contributed by atoms with Crippen LogP contribution < -0.4 is 0 Å². The van der Waals surface area contributed by atoms with Crippen LogP contribution in [0.5, 0.6) is 0 Å². The van der Waals surface area contributed by atoms with Crippen molar-refractivity contribution in [3.05, 3.63) is 59.0 Å². The molecule has 7 heteroatoms. The third-order valence-corrected chi connectivity index (χ3v) is 7.04. The third-order valence-electron chi connectivity index (χ3n) is 7.04. The molecular weight excluding hydrogens is 458 g/mol. The first kappa shape index (κ1) is 29.6. The summed E-state index contributed by atoms with van der Waals surface area (Å²) in [6.07, 6.45) is 7.34. The van der Waals surface area contributed by atoms with Crippen molar-refractivity contribution in [1.82, 2.24) is 4.98 Å². The Morgan fingerprint density at radius 3 is 2.53 bits per heavy atom. The Morgan fingerprint density at radius 2 is 1.92 bits per heavy atom. The molecule has 7 nitrogen and oxygen atoms in total. The lowest BCUT2D eigenvalue weighted by atomic mass is 9.73. The summed E-state index contributed by atoms with van der Waals surface area (Å²) in [4.78, 5) is 30.4. The first-order chi connectivity index (χ1) is 16.9. The lowest BCUT2D eigenvalue weighted by Gasteiger charge is -2.34. The molecule has 0 radical (unpaired) electrons. The highest BCUT2D eigenvalue weighted by molar-refractivity contribution is 5.88. The molecule has 0 saturated carbocycles. The third kappa shape index (κ3) is 7.95. The molecular formula is C29H41NO6. The molecule has 2 heterocycles. The Labute approximate surface area is 214 Å². The van der Waals surface area contributed by atoms with Crippen LogP contribution >= 0.6 is 0 Å². The second-order valence-corrected chi connectivity index (χ2v) is 10.5. The van der Waals surface area contributed by atoms with Crippen LogP contribution in [0.2, 0.25) is 0 Å². The van der Waals surface area contributed by atoms with Crippen LogP contribution in [-0.2, 0) is 20.9 Å². The number of aromatic nitrogens is 1. The molecule has 198 valence electrons. The summed E-state index contributed by atoms with van der Waals surface area (Å²) in [5.41, 5.74) is 1.99. The van der Waals surface area contributed by atoms with Crippen LogP contribution in [0.25, 0.3) is 6.08 Å². The van der Waals surface area contributed by atoms with Crippen molar-refractivity contribution in [1.29, 1.82) is 0 Å². The number of carbonyl (C=O) groups excluding carboxylic acids is 2. The highest BCUT2D eigenvalue weighted by Gasteiger charge is 2.42. The molecule has 1 aromatic heterocycles. The van der Waals surface area contributed by atoms with Crippen molar-refractivity contribution in [3.8, 4) is 0 Å². The topological polar surface area (TPSA) is 117 Å². The summed E-state index contributed by atoms with van der Waals surface area (Å²) in [5.74, 6) is -1.87. The number of Topliss-reactive ketones (excluding diaryl/α,β-unsaturated/α-hetero) is 1. The van der Waals surface area contributed by atoms with E-state index in [0.29, 0.717) is 24.1 Å². The van der Waals surface area contributed by atoms with E-state index in [1.54, 1.807) is 39.1 Å². The number of ether oxygens (including phenoxy) is 1. The average molecular weight is 500 g/mol. The summed E-state index contributed by atoms with van der Waals surface area (Å²) in [6.45, 7) is 10.5. The number of aliphatic hydroxyl groups excluding tert-OH is 3. The lowest BCUT2D eigenvalue weighted by molar-refractivity contribution is -0.154. The summed E-state index contributed by atoms with van der Waals surface area (Å²) in [5, 5.41) is 30.8. The second-order valence-electron chi connectivity index (χ2n) is 10.5. The quantitative estimate of drug-likeness (QED) is 0.422. The van der Waals surface area contributed by atoms with Gasteiger partial charge in [0.05, 0.1) is 36.3 Å². The predicted octanol–water partition coefficient (Wildman–Crippen LogP) is 4.16. The van der Waals surface area contributed by atoms with Crippen LogP contribution in [0, 0.1) is 17.3 Å². The monoisotopic (exact) mass is 499 g/mol. The number of esters is 1. The zero-order valence-electron chi connectivity index (χ0n) is 22.3. The number of pyridine rings is 1. The van der Waals surface area contributed by atoms with Crippen molar-refractivity contribution in [2.75, 3.05) is 0 Å². The number of hydrogen-bond acceptors (Lipinski definition) is 7. The van der Waals surface area contributed by atoms with Gasteiger partial charge < -0.3 is 20.1 Å². The Morgan fingerprint density at radius 1 is 1.22 bits per heavy atom. The molecule has 5 atom stereocenters. The highest BCUT2D eigenvalue weighted by atomic mass is 16.5. The molecule has 36 heavy (non-hydrogen) atoms. The van der Waals surface area contributed by atoms with Gasteiger partial charge in [-0.15, -0.1) is 0 Å². The molecule has 1 aromatic rings. The molecule has 1 aliphatic rings. The predicted molar refractivity (Wildman–Crippen MR) is 140 cm³/mol. The molecule has 0 aliphatic carbocycles. The smallest absolute Gasteiger partial charge is 0.309 e. The first-order valence-corrected chi connectivity index (χ1v) is 12.5. The Balaban J connectivity index is 2.37. The van der Waals surface area contributed by atoms with E-state index < -0.39 is 35.6 Å². The largest absolute Gasteiger partial charge is 0.457 e. The fraction of sp³-hybridized carbons (Fsp3) is 0.552. The number of ketones is 1. The second kappa shape index (κ2) is 13.1. The maximum atomic E-state index is 13.2. The molecule has 3 N–H and O–H groups in total. The molecule has 1 aliphatic heterocycles. The van der Waals surface area contributed by atoms with Crippen molar-refractivity contribution in [2.45, 2.75) is 85.7 Å². The molecule has 0 fully saturated rings. The summed E-state index contributed by atoms with van der Waals surface area (Å²) < 4.78 is 5.78. The zero-order valence-corrected chi connectivity index (χ0v) is 22.3. The number of hydrogen-bond donors (Lipinski definition) is 3. The van der Waals surface area contributed by atoms with Crippen LogP contribution in [0.3, 0.4) is 0 Å². The summed E-state index contributed by atoms with van der Waals surface area (Å²) in [6, 6.07) is 3.56. The average Bonchev–Trinajstić information content (AvgIpc) is 2.84. The Hall–Kier alpha value is -2.61. The van der Waals surface area contributed by atoms with Gasteiger partial charge in [0, 0.05) is 24.5 Å². The van der Waals surface area contributed by atoms with Crippen molar-refractivity contribution < 1.29 is 29.6 Å². The van der Waals surface area contributed by atoms with Crippen molar-refractivity contribution in [2.24, 2.45) is 17.3 Å². The number of nitrogens with zero attached hydrogens (tertiary/aromatic N) is 1. The fourth-order valence-electron chi connectivity index (χ4n) is 4.22. The van der Waals surface area contributed by atoms with Gasteiger partial charge in [0.1, 0.15) is 11.9 Å². The van der Waals surface area contributed by atoms with Gasteiger partial charge in [-0.2, -0.15) is 0 Å². The number of allylic oxidation sites excluding steroid dienone is 2. The maximum Gasteiger partial charge on any atom is 0.309 e. The molecule has 2 rings (SSSR count). The fourth-order valence-corrected chi connectivity index (χ4v) is 4.22. The van der Waals surface area contributed by atoms with E-state index in [2.05, 4.69) is 4.98 Å². The minimum atomic E-state index is -1.26. The van der Waals surface area contributed by atoms with Gasteiger partial charge in [-0.3, -0.25) is 14.6 Å². The molecule has 0 spiro atoms. The van der Waals surface area contributed by atoms with Crippen LogP contribution in [0.1, 0.15) is 72.1 Å². The molecule has 0 saturated heterocycles. The molecule has 0 aromatic carbocycles. The van der Waals surface area contributed by atoms with Gasteiger partial charge in [-0.25, -0.2) is 0 Å². The lowest BCUT2D eigenvalue weighted by Crippen LogP contribution is -2.45. The van der Waals surface area contributed by atoms with Crippen LogP contribution in [0.4, 0.5) is 0 Å². The minimum Gasteiger partial charge on any atom is -0.457 e. The van der Waals surface area contributed by atoms with E-state index in [0.717, 1.165) is 11.1 Å². The van der Waals surface area contributed by atoms with Gasteiger partial charge in [-0.1, -0.05) is 57.6 Å². The summed E-state index contributed by atoms with van der Waals surface area (Å²) in [7, 11) is 0. The van der Waals surface area contributed by atoms with Gasteiger partial charge in [-0.05, 0) is 43.5 Å². The maximum absolute atomic E-state index is 13.2.